The Labute approximate surface area is 82.7 Å². The van der Waals surface area contributed by atoms with Crippen molar-refractivity contribution >= 4 is 40.0 Å². The van der Waals surface area contributed by atoms with E-state index in [0.717, 1.165) is 4.21 Å². The molecule has 0 radical (unpaired) electrons. The van der Waals surface area contributed by atoms with Gasteiger partial charge in [-0.1, -0.05) is 11.3 Å². The van der Waals surface area contributed by atoms with Crippen LogP contribution in [0.2, 0.25) is 0 Å². The highest BCUT2D eigenvalue weighted by Crippen LogP contribution is 2.25. The summed E-state index contributed by atoms with van der Waals surface area (Å²) in [7, 11) is 0. The zero-order valence-electron chi connectivity index (χ0n) is 6.73. The lowest BCUT2D eigenvalue weighted by Crippen LogP contribution is -2.29. The topological polar surface area (TPSA) is 85.1 Å². The van der Waals surface area contributed by atoms with E-state index >= 15 is 0 Å². The van der Waals surface area contributed by atoms with Crippen molar-refractivity contribution in [1.82, 2.24) is 4.98 Å². The second kappa shape index (κ2) is 4.24. The molecule has 1 rings (SSSR count). The van der Waals surface area contributed by atoms with Crippen molar-refractivity contribution in [3.63, 3.8) is 0 Å². The van der Waals surface area contributed by atoms with Crippen LogP contribution < -0.4 is 11.1 Å². The van der Waals surface area contributed by atoms with E-state index in [9.17, 15) is 9.59 Å². The van der Waals surface area contributed by atoms with Crippen LogP contribution in [0.5, 0.6) is 0 Å². The van der Waals surface area contributed by atoms with Gasteiger partial charge in [0.1, 0.15) is 0 Å². The second-order valence-corrected chi connectivity index (χ2v) is 4.14. The third-order valence-electron chi connectivity index (χ3n) is 1.13. The van der Waals surface area contributed by atoms with Crippen LogP contribution in [0, 0.1) is 0 Å². The van der Waals surface area contributed by atoms with E-state index in [2.05, 4.69) is 10.3 Å². The number of aromatic nitrogens is 1. The number of nitrogens with zero attached hydrogens (tertiary/aromatic N) is 1. The van der Waals surface area contributed by atoms with Gasteiger partial charge in [0.25, 0.3) is 0 Å². The van der Waals surface area contributed by atoms with Gasteiger partial charge in [-0.15, -0.1) is 11.8 Å². The van der Waals surface area contributed by atoms with Crippen molar-refractivity contribution in [1.29, 1.82) is 0 Å². The SMILES string of the molecule is CSc1cnc(NC(=O)C(N)=O)s1. The maximum Gasteiger partial charge on any atom is 0.315 e. The molecule has 0 spiro atoms. The lowest BCUT2D eigenvalue weighted by atomic mass is 10.6. The molecular weight excluding hydrogens is 210 g/mol. The molecule has 0 fully saturated rings. The van der Waals surface area contributed by atoms with Crippen LogP contribution in [0.25, 0.3) is 0 Å². The summed E-state index contributed by atoms with van der Waals surface area (Å²) in [6.45, 7) is 0. The fourth-order valence-corrected chi connectivity index (χ4v) is 1.84. The monoisotopic (exact) mass is 217 g/mol. The summed E-state index contributed by atoms with van der Waals surface area (Å²) >= 11 is 2.80. The molecule has 2 amide bonds. The summed E-state index contributed by atoms with van der Waals surface area (Å²) in [5.41, 5.74) is 4.74. The number of nitrogens with one attached hydrogen (secondary N) is 1. The highest BCUT2D eigenvalue weighted by molar-refractivity contribution is 8.00. The largest absolute Gasteiger partial charge is 0.361 e. The van der Waals surface area contributed by atoms with Crippen LogP contribution in [-0.4, -0.2) is 23.1 Å². The van der Waals surface area contributed by atoms with Gasteiger partial charge in [-0.25, -0.2) is 4.98 Å². The predicted molar refractivity (Wildman–Crippen MR) is 51.7 cm³/mol. The zero-order chi connectivity index (χ0) is 9.84. The molecule has 0 atom stereocenters. The van der Waals surface area contributed by atoms with E-state index < -0.39 is 11.8 Å². The van der Waals surface area contributed by atoms with E-state index in [1.54, 1.807) is 6.20 Å². The Kier molecular flexibility index (Phi) is 3.26. The van der Waals surface area contributed by atoms with Crippen LogP contribution in [0.4, 0.5) is 5.13 Å². The molecule has 3 N–H and O–H groups in total. The molecule has 0 bridgehead atoms. The Morgan fingerprint density at radius 2 is 2.38 bits per heavy atom. The normalized spacial score (nSPS) is 9.62. The van der Waals surface area contributed by atoms with Crippen LogP contribution in [0.1, 0.15) is 0 Å². The molecule has 0 aromatic carbocycles. The van der Waals surface area contributed by atoms with Gasteiger partial charge in [0, 0.05) is 0 Å². The van der Waals surface area contributed by atoms with Crippen LogP contribution in [-0.2, 0) is 9.59 Å². The van der Waals surface area contributed by atoms with Gasteiger partial charge in [0.15, 0.2) is 5.13 Å². The van der Waals surface area contributed by atoms with Crippen molar-refractivity contribution in [2.24, 2.45) is 5.73 Å². The molecule has 7 heteroatoms. The Hall–Kier alpha value is -1.08. The molecule has 13 heavy (non-hydrogen) atoms. The summed E-state index contributed by atoms with van der Waals surface area (Å²) < 4.78 is 0.958. The van der Waals surface area contributed by atoms with Gasteiger partial charge in [-0.2, -0.15) is 0 Å². The van der Waals surface area contributed by atoms with Crippen LogP contribution in [0.15, 0.2) is 10.4 Å². The first-order chi connectivity index (χ1) is 6.13. The van der Waals surface area contributed by atoms with Crippen molar-refractivity contribution in [2.75, 3.05) is 11.6 Å². The molecule has 70 valence electrons. The van der Waals surface area contributed by atoms with Gasteiger partial charge < -0.3 is 5.73 Å². The lowest BCUT2D eigenvalue weighted by Gasteiger charge is -1.94. The highest BCUT2D eigenvalue weighted by Gasteiger charge is 2.10. The molecule has 0 aliphatic rings. The molecule has 5 nitrogen and oxygen atoms in total. The number of amides is 2. The third kappa shape index (κ3) is 2.71. The molecule has 0 aliphatic carbocycles. The summed E-state index contributed by atoms with van der Waals surface area (Å²) in [6.07, 6.45) is 3.51. The van der Waals surface area contributed by atoms with E-state index in [1.807, 2.05) is 6.26 Å². The number of nitrogens with two attached hydrogens (primary N) is 1. The van der Waals surface area contributed by atoms with E-state index in [4.69, 9.17) is 5.73 Å². The Bertz CT molecular complexity index is 336. The Balaban J connectivity index is 2.64. The van der Waals surface area contributed by atoms with E-state index in [1.165, 1.54) is 23.1 Å². The standard InChI is InChI=1S/C6H7N3O2S2/c1-12-3-2-8-6(13-3)9-5(11)4(7)10/h2H,1H3,(H2,7,10)(H,8,9,11). The number of thioether (sulfide) groups is 1. The van der Waals surface area contributed by atoms with Gasteiger partial charge in [0.05, 0.1) is 10.4 Å². The average molecular weight is 217 g/mol. The molecule has 0 unspecified atom stereocenters. The minimum Gasteiger partial charge on any atom is -0.361 e. The number of hydrogen-bond donors (Lipinski definition) is 2. The fourth-order valence-electron chi connectivity index (χ4n) is 0.570. The van der Waals surface area contributed by atoms with Crippen molar-refractivity contribution in [3.8, 4) is 0 Å². The quantitative estimate of drug-likeness (QED) is 0.550. The minimum absolute atomic E-state index is 0.383. The second-order valence-electron chi connectivity index (χ2n) is 2.01. The lowest BCUT2D eigenvalue weighted by molar-refractivity contribution is -0.134. The molecule has 0 saturated carbocycles. The minimum atomic E-state index is -1.01. The summed E-state index contributed by atoms with van der Waals surface area (Å²) in [6, 6.07) is 0. The first-order valence-corrected chi connectivity index (χ1v) is 5.28. The smallest absolute Gasteiger partial charge is 0.315 e. The first kappa shape index (κ1) is 10.0. The number of rotatable bonds is 2. The maximum absolute atomic E-state index is 10.8. The molecular formula is C6H7N3O2S2. The van der Waals surface area contributed by atoms with Gasteiger partial charge in [0.2, 0.25) is 0 Å². The zero-order valence-corrected chi connectivity index (χ0v) is 8.37. The Morgan fingerprint density at radius 3 is 2.85 bits per heavy atom. The molecule has 0 saturated heterocycles. The van der Waals surface area contributed by atoms with Crippen LogP contribution >= 0.6 is 23.1 Å². The van der Waals surface area contributed by atoms with Crippen molar-refractivity contribution < 1.29 is 9.59 Å². The Morgan fingerprint density at radius 1 is 1.69 bits per heavy atom. The van der Waals surface area contributed by atoms with Gasteiger partial charge in [-0.3, -0.25) is 14.9 Å². The highest BCUT2D eigenvalue weighted by atomic mass is 32.2. The molecule has 1 aromatic heterocycles. The first-order valence-electron chi connectivity index (χ1n) is 3.24. The van der Waals surface area contributed by atoms with Crippen molar-refractivity contribution in [2.45, 2.75) is 4.21 Å². The van der Waals surface area contributed by atoms with Crippen LogP contribution in [0.3, 0.4) is 0 Å². The maximum atomic E-state index is 10.8. The molecule has 1 heterocycles. The summed E-state index contributed by atoms with van der Waals surface area (Å²) in [4.78, 5) is 25.0. The molecule has 1 aromatic rings. The predicted octanol–water partition coefficient (Wildman–Crippen LogP) is 0.289. The van der Waals surface area contributed by atoms with Crippen molar-refractivity contribution in [3.05, 3.63) is 6.20 Å². The number of hydrogen-bond acceptors (Lipinski definition) is 5. The number of thiazole rings is 1. The average Bonchev–Trinajstić information content (AvgIpc) is 2.52. The number of primary amides is 1. The number of carbonyl (C=O) groups is 2. The summed E-state index contributed by atoms with van der Waals surface area (Å²) in [5.74, 6) is -1.86. The third-order valence-corrected chi connectivity index (χ3v) is 3.10. The van der Waals surface area contributed by atoms with E-state index in [0.29, 0.717) is 5.13 Å². The van der Waals surface area contributed by atoms with Gasteiger partial charge >= 0.3 is 11.8 Å². The summed E-state index contributed by atoms with van der Waals surface area (Å²) in [5, 5.41) is 2.66. The van der Waals surface area contributed by atoms with Gasteiger partial charge in [-0.05, 0) is 6.26 Å². The molecule has 0 aliphatic heterocycles. The van der Waals surface area contributed by atoms with E-state index in [-0.39, 0.29) is 0 Å². The fraction of sp³-hybridized carbons (Fsp3) is 0.167. The number of anilines is 1. The number of carbonyl (C=O) groups excluding carboxylic acids is 2.